The van der Waals surface area contributed by atoms with Gasteiger partial charge in [-0.15, -0.1) is 0 Å². The van der Waals surface area contributed by atoms with Gasteiger partial charge in [-0.05, 0) is 25.0 Å². The molecule has 0 spiro atoms. The third-order valence-corrected chi connectivity index (χ3v) is 4.62. The number of nitrogens with one attached hydrogen (secondary N) is 1. The van der Waals surface area contributed by atoms with Crippen LogP contribution in [-0.4, -0.2) is 35.2 Å². The van der Waals surface area contributed by atoms with Crippen LogP contribution >= 0.6 is 0 Å². The molecule has 0 bridgehead atoms. The third kappa shape index (κ3) is 4.18. The van der Waals surface area contributed by atoms with Crippen LogP contribution in [0.5, 0.6) is 0 Å². The van der Waals surface area contributed by atoms with Crippen molar-refractivity contribution in [2.45, 2.75) is 52.0 Å². The van der Waals surface area contributed by atoms with E-state index in [1.165, 1.54) is 11.3 Å². The van der Waals surface area contributed by atoms with Crippen molar-refractivity contribution in [1.29, 1.82) is 0 Å². The minimum Gasteiger partial charge on any atom is -0.366 e. The van der Waals surface area contributed by atoms with Crippen LogP contribution < -0.4 is 10.2 Å². The van der Waals surface area contributed by atoms with Crippen LogP contribution in [0.15, 0.2) is 28.8 Å². The predicted octanol–water partition coefficient (Wildman–Crippen LogP) is 2.69. The van der Waals surface area contributed by atoms with Crippen LogP contribution in [0.2, 0.25) is 0 Å². The Morgan fingerprint density at radius 1 is 1.32 bits per heavy atom. The second-order valence-electron chi connectivity index (χ2n) is 6.93. The minimum atomic E-state index is 0.0172. The quantitative estimate of drug-likeness (QED) is 0.838. The zero-order valence-electron chi connectivity index (χ0n) is 15.2. The Morgan fingerprint density at radius 2 is 2.12 bits per heavy atom. The number of para-hydroxylation sites is 1. The number of hydrogen-bond donors (Lipinski definition) is 1. The molecule has 1 aromatic carbocycles. The molecule has 1 atom stereocenters. The van der Waals surface area contributed by atoms with Gasteiger partial charge in [0.1, 0.15) is 0 Å². The number of anilines is 1. The highest BCUT2D eigenvalue weighted by Gasteiger charge is 2.23. The monoisotopic (exact) mass is 342 g/mol. The third-order valence-electron chi connectivity index (χ3n) is 4.62. The Labute approximate surface area is 148 Å². The lowest BCUT2D eigenvalue weighted by Gasteiger charge is -2.27. The van der Waals surface area contributed by atoms with Gasteiger partial charge in [0.05, 0.1) is 0 Å². The molecule has 1 aliphatic heterocycles. The van der Waals surface area contributed by atoms with Crippen molar-refractivity contribution in [2.75, 3.05) is 18.0 Å². The number of rotatable bonds is 7. The number of aromatic nitrogens is 2. The number of carbonyl (C=O) groups is 1. The van der Waals surface area contributed by atoms with Crippen molar-refractivity contribution >= 4 is 11.6 Å². The first kappa shape index (κ1) is 17.5. The summed E-state index contributed by atoms with van der Waals surface area (Å²) >= 11 is 0. The topological polar surface area (TPSA) is 71.3 Å². The molecule has 0 radical (unpaired) electrons. The summed E-state index contributed by atoms with van der Waals surface area (Å²) in [5, 5.41) is 6.94. The molecule has 134 valence electrons. The zero-order chi connectivity index (χ0) is 17.8. The minimum absolute atomic E-state index is 0.0172. The molecule has 0 fully saturated rings. The van der Waals surface area contributed by atoms with Crippen LogP contribution in [-0.2, 0) is 17.6 Å². The lowest BCUT2D eigenvalue weighted by atomic mass is 10.2. The highest BCUT2D eigenvalue weighted by molar-refractivity contribution is 5.76. The molecule has 25 heavy (non-hydrogen) atoms. The number of nitrogens with zero attached hydrogens (tertiary/aromatic N) is 3. The van der Waals surface area contributed by atoms with Crippen LogP contribution in [0, 0.1) is 0 Å². The predicted molar refractivity (Wildman–Crippen MR) is 96.7 cm³/mol. The molecule has 2 heterocycles. The van der Waals surface area contributed by atoms with Crippen molar-refractivity contribution < 1.29 is 9.32 Å². The molecule has 1 aliphatic rings. The average Bonchev–Trinajstić information content (AvgIpc) is 3.24. The van der Waals surface area contributed by atoms with Gasteiger partial charge < -0.3 is 14.7 Å². The first-order chi connectivity index (χ1) is 12.0. The fraction of sp³-hybridized carbons (Fsp3) is 0.526. The maximum atomic E-state index is 12.1. The van der Waals surface area contributed by atoms with Gasteiger partial charge in [0.2, 0.25) is 11.8 Å². The van der Waals surface area contributed by atoms with Crippen LogP contribution in [0.3, 0.4) is 0 Å². The van der Waals surface area contributed by atoms with Gasteiger partial charge in [-0.3, -0.25) is 4.79 Å². The second-order valence-corrected chi connectivity index (χ2v) is 6.93. The highest BCUT2D eigenvalue weighted by atomic mass is 16.5. The van der Waals surface area contributed by atoms with Gasteiger partial charge in [0, 0.05) is 43.6 Å². The molecular weight excluding hydrogens is 316 g/mol. The molecule has 6 nitrogen and oxygen atoms in total. The Balaban J connectivity index is 1.44. The lowest BCUT2D eigenvalue weighted by molar-refractivity contribution is -0.121. The summed E-state index contributed by atoms with van der Waals surface area (Å²) in [4.78, 5) is 18.8. The fourth-order valence-corrected chi connectivity index (χ4v) is 3.11. The van der Waals surface area contributed by atoms with Crippen LogP contribution in [0.4, 0.5) is 5.69 Å². The smallest absolute Gasteiger partial charge is 0.227 e. The van der Waals surface area contributed by atoms with Gasteiger partial charge in [-0.2, -0.15) is 4.98 Å². The van der Waals surface area contributed by atoms with Crippen molar-refractivity contribution in [3.8, 4) is 0 Å². The molecule has 0 saturated carbocycles. The second kappa shape index (κ2) is 7.68. The van der Waals surface area contributed by atoms with Crippen molar-refractivity contribution in [2.24, 2.45) is 0 Å². The zero-order valence-corrected chi connectivity index (χ0v) is 15.2. The summed E-state index contributed by atoms with van der Waals surface area (Å²) in [5.41, 5.74) is 2.68. The van der Waals surface area contributed by atoms with Crippen LogP contribution in [0.1, 0.15) is 50.4 Å². The Kier molecular flexibility index (Phi) is 5.36. The van der Waals surface area contributed by atoms with E-state index in [0.29, 0.717) is 31.1 Å². The van der Waals surface area contributed by atoms with E-state index in [4.69, 9.17) is 4.52 Å². The summed E-state index contributed by atoms with van der Waals surface area (Å²) in [7, 11) is 0. The van der Waals surface area contributed by atoms with E-state index in [2.05, 4.69) is 51.5 Å². The molecule has 0 aliphatic carbocycles. The molecule has 2 aromatic rings. The molecular formula is C19H26N4O2. The first-order valence-electron chi connectivity index (χ1n) is 8.98. The van der Waals surface area contributed by atoms with Gasteiger partial charge >= 0.3 is 0 Å². The van der Waals surface area contributed by atoms with Crippen molar-refractivity contribution in [3.05, 3.63) is 41.5 Å². The van der Waals surface area contributed by atoms with E-state index < -0.39 is 0 Å². The van der Waals surface area contributed by atoms with Gasteiger partial charge in [0.15, 0.2) is 5.82 Å². The maximum Gasteiger partial charge on any atom is 0.227 e. The largest absolute Gasteiger partial charge is 0.366 e. The molecule has 0 saturated heterocycles. The molecule has 1 unspecified atom stereocenters. The van der Waals surface area contributed by atoms with E-state index in [0.717, 1.165) is 13.0 Å². The summed E-state index contributed by atoms with van der Waals surface area (Å²) in [6, 6.07) is 8.75. The van der Waals surface area contributed by atoms with Gasteiger partial charge in [-0.1, -0.05) is 37.2 Å². The Hall–Kier alpha value is -2.37. The summed E-state index contributed by atoms with van der Waals surface area (Å²) in [6.07, 6.45) is 1.92. The van der Waals surface area contributed by atoms with E-state index in [1.54, 1.807) is 0 Å². The SMILES string of the molecule is CC(C)c1noc(CCC(=O)NCC(C)N2CCc3ccccc32)n1. The van der Waals surface area contributed by atoms with Crippen LogP contribution in [0.25, 0.3) is 0 Å². The Morgan fingerprint density at radius 3 is 2.88 bits per heavy atom. The fourth-order valence-electron chi connectivity index (χ4n) is 3.11. The number of amides is 1. The number of fused-ring (bicyclic) bond motifs is 1. The highest BCUT2D eigenvalue weighted by Crippen LogP contribution is 2.28. The normalized spacial score (nSPS) is 14.6. The number of carbonyl (C=O) groups excluding carboxylic acids is 1. The van der Waals surface area contributed by atoms with E-state index in [1.807, 2.05) is 13.8 Å². The summed E-state index contributed by atoms with van der Waals surface area (Å²) in [6.45, 7) is 7.82. The standard InChI is InChI=1S/C19H26N4O2/c1-13(2)19-21-18(25-22-19)9-8-17(24)20-12-14(3)23-11-10-15-6-4-5-7-16(15)23/h4-7,13-14H,8-12H2,1-3H3,(H,20,24). The molecule has 1 amide bonds. The maximum absolute atomic E-state index is 12.1. The molecule has 1 N–H and O–H groups in total. The van der Waals surface area contributed by atoms with Crippen molar-refractivity contribution in [3.63, 3.8) is 0 Å². The first-order valence-corrected chi connectivity index (χ1v) is 8.98. The average molecular weight is 342 g/mol. The summed E-state index contributed by atoms with van der Waals surface area (Å²) < 4.78 is 5.17. The molecule has 3 rings (SSSR count). The number of hydrogen-bond acceptors (Lipinski definition) is 5. The van der Waals surface area contributed by atoms with Gasteiger partial charge in [-0.25, -0.2) is 0 Å². The molecule has 6 heteroatoms. The van der Waals surface area contributed by atoms with E-state index >= 15 is 0 Å². The molecule has 1 aromatic heterocycles. The number of benzene rings is 1. The lowest BCUT2D eigenvalue weighted by Crippen LogP contribution is -2.41. The van der Waals surface area contributed by atoms with Gasteiger partial charge in [0.25, 0.3) is 0 Å². The van der Waals surface area contributed by atoms with Crippen molar-refractivity contribution in [1.82, 2.24) is 15.5 Å². The van der Waals surface area contributed by atoms with E-state index in [-0.39, 0.29) is 17.9 Å². The summed E-state index contributed by atoms with van der Waals surface area (Å²) in [5.74, 6) is 1.47. The number of aryl methyl sites for hydroxylation is 1. The Bertz CT molecular complexity index is 726. The van der Waals surface area contributed by atoms with E-state index in [9.17, 15) is 4.79 Å².